The number of carbonyl (C=O) groups excluding carboxylic acids is 1. The van der Waals surface area contributed by atoms with Crippen LogP contribution in [0.3, 0.4) is 0 Å². The Bertz CT molecular complexity index is 564. The van der Waals surface area contributed by atoms with E-state index in [-0.39, 0.29) is 5.92 Å². The van der Waals surface area contributed by atoms with E-state index in [4.69, 9.17) is 0 Å². The van der Waals surface area contributed by atoms with Gasteiger partial charge in [-0.2, -0.15) is 0 Å². The smallest absolute Gasteiger partial charge is 0.224 e. The van der Waals surface area contributed by atoms with Crippen LogP contribution in [0.2, 0.25) is 0 Å². The Hall–Kier alpha value is -1.39. The predicted octanol–water partition coefficient (Wildman–Crippen LogP) is 2.64. The highest BCUT2D eigenvalue weighted by atomic mass is 16.2. The van der Waals surface area contributed by atoms with Crippen LogP contribution in [0.25, 0.3) is 0 Å². The van der Waals surface area contributed by atoms with Crippen molar-refractivity contribution >= 4 is 5.91 Å². The third-order valence-electron chi connectivity index (χ3n) is 6.07. The van der Waals surface area contributed by atoms with Crippen LogP contribution in [0, 0.1) is 5.92 Å². The van der Waals surface area contributed by atoms with E-state index in [0.717, 1.165) is 19.5 Å². The molecule has 1 atom stereocenters. The maximum Gasteiger partial charge on any atom is 0.224 e. The van der Waals surface area contributed by atoms with Crippen LogP contribution >= 0.6 is 0 Å². The Labute approximate surface area is 151 Å². The first kappa shape index (κ1) is 17.0. The lowest BCUT2D eigenvalue weighted by Gasteiger charge is -2.42. The van der Waals surface area contributed by atoms with E-state index in [9.17, 15) is 4.79 Å². The third kappa shape index (κ3) is 4.62. The molecule has 2 heterocycles. The molecule has 0 radical (unpaired) electrons. The second-order valence-electron chi connectivity index (χ2n) is 8.11. The zero-order valence-electron chi connectivity index (χ0n) is 15.2. The average molecular weight is 341 g/mol. The van der Waals surface area contributed by atoms with Gasteiger partial charge < -0.3 is 5.32 Å². The highest BCUT2D eigenvalue weighted by molar-refractivity contribution is 5.79. The summed E-state index contributed by atoms with van der Waals surface area (Å²) in [7, 11) is 0. The Balaban J connectivity index is 1.24. The zero-order valence-corrected chi connectivity index (χ0v) is 15.2. The number of nitrogens with one attached hydrogen (secondary N) is 1. The van der Waals surface area contributed by atoms with E-state index >= 15 is 0 Å². The van der Waals surface area contributed by atoms with Gasteiger partial charge in [0.05, 0.1) is 5.92 Å². The summed E-state index contributed by atoms with van der Waals surface area (Å²) in [5.74, 6) is 0.533. The van der Waals surface area contributed by atoms with Crippen molar-refractivity contribution in [3.63, 3.8) is 0 Å². The normalized spacial score (nSPS) is 26.5. The van der Waals surface area contributed by atoms with Crippen LogP contribution in [0.15, 0.2) is 30.3 Å². The fourth-order valence-corrected chi connectivity index (χ4v) is 4.38. The molecule has 1 saturated carbocycles. The van der Waals surface area contributed by atoms with Gasteiger partial charge >= 0.3 is 0 Å². The number of piperidine rings is 2. The van der Waals surface area contributed by atoms with Gasteiger partial charge in [0.15, 0.2) is 0 Å². The van der Waals surface area contributed by atoms with E-state index in [0.29, 0.717) is 18.0 Å². The van der Waals surface area contributed by atoms with Crippen LogP contribution < -0.4 is 5.32 Å². The van der Waals surface area contributed by atoms with E-state index < -0.39 is 0 Å². The van der Waals surface area contributed by atoms with Crippen LogP contribution in [-0.2, 0) is 11.3 Å². The van der Waals surface area contributed by atoms with Crippen LogP contribution in [0.4, 0.5) is 0 Å². The summed E-state index contributed by atoms with van der Waals surface area (Å²) < 4.78 is 0. The molecule has 2 saturated heterocycles. The molecule has 1 aromatic rings. The molecule has 4 rings (SSSR count). The third-order valence-corrected chi connectivity index (χ3v) is 6.07. The summed E-state index contributed by atoms with van der Waals surface area (Å²) in [5, 5.41) is 3.21. The fraction of sp³-hybridized carbons (Fsp3) is 0.667. The van der Waals surface area contributed by atoms with Crippen molar-refractivity contribution in [3.8, 4) is 0 Å². The largest absolute Gasteiger partial charge is 0.353 e. The highest BCUT2D eigenvalue weighted by Crippen LogP contribution is 2.26. The summed E-state index contributed by atoms with van der Waals surface area (Å²) in [6.07, 6.45) is 7.09. The molecule has 0 unspecified atom stereocenters. The Morgan fingerprint density at radius 3 is 2.48 bits per heavy atom. The molecule has 0 bridgehead atoms. The molecular formula is C21H31N3O. The van der Waals surface area contributed by atoms with Crippen molar-refractivity contribution < 1.29 is 4.79 Å². The summed E-state index contributed by atoms with van der Waals surface area (Å²) in [4.78, 5) is 17.6. The van der Waals surface area contributed by atoms with Crippen molar-refractivity contribution in [2.24, 2.45) is 5.92 Å². The number of benzene rings is 1. The van der Waals surface area contributed by atoms with Gasteiger partial charge in [0, 0.05) is 25.2 Å². The topological polar surface area (TPSA) is 35.6 Å². The zero-order chi connectivity index (χ0) is 17.1. The first-order valence-electron chi connectivity index (χ1n) is 10.1. The number of likely N-dealkylation sites (tertiary alicyclic amines) is 2. The van der Waals surface area contributed by atoms with E-state index in [1.807, 2.05) is 0 Å². The first-order chi connectivity index (χ1) is 12.3. The minimum atomic E-state index is 0.219. The standard InChI is InChI=1S/C21H31N3O/c25-21(22-19-8-9-19)18-7-4-12-24(16-18)20-10-13-23(14-11-20)15-17-5-2-1-3-6-17/h1-3,5-6,18-20H,4,7-16H2,(H,22,25)/t18-/m0/s1. The van der Waals surface area contributed by atoms with Crippen LogP contribution in [0.1, 0.15) is 44.1 Å². The van der Waals surface area contributed by atoms with Gasteiger partial charge in [-0.3, -0.25) is 14.6 Å². The number of hydrogen-bond acceptors (Lipinski definition) is 3. The maximum absolute atomic E-state index is 12.4. The fourth-order valence-electron chi connectivity index (χ4n) is 4.38. The van der Waals surface area contributed by atoms with Gasteiger partial charge in [0.25, 0.3) is 0 Å². The molecule has 3 aliphatic rings. The number of hydrogen-bond donors (Lipinski definition) is 1. The summed E-state index contributed by atoms with van der Waals surface area (Å²) >= 11 is 0. The Morgan fingerprint density at radius 1 is 1.00 bits per heavy atom. The Kier molecular flexibility index (Phi) is 5.37. The molecule has 2 aliphatic heterocycles. The van der Waals surface area contributed by atoms with E-state index in [1.165, 1.54) is 57.3 Å². The number of amides is 1. The molecule has 1 amide bonds. The molecule has 25 heavy (non-hydrogen) atoms. The highest BCUT2D eigenvalue weighted by Gasteiger charge is 2.33. The number of rotatable bonds is 5. The molecule has 4 nitrogen and oxygen atoms in total. The van der Waals surface area contributed by atoms with Crippen molar-refractivity contribution in [3.05, 3.63) is 35.9 Å². The van der Waals surface area contributed by atoms with Crippen molar-refractivity contribution in [2.75, 3.05) is 26.2 Å². The second kappa shape index (κ2) is 7.88. The van der Waals surface area contributed by atoms with Crippen LogP contribution in [-0.4, -0.2) is 54.0 Å². The summed E-state index contributed by atoms with van der Waals surface area (Å²) in [6, 6.07) is 11.9. The van der Waals surface area contributed by atoms with E-state index in [2.05, 4.69) is 45.4 Å². The molecule has 0 spiro atoms. The van der Waals surface area contributed by atoms with Gasteiger partial charge in [-0.15, -0.1) is 0 Å². The lowest BCUT2D eigenvalue weighted by atomic mass is 9.93. The number of carbonyl (C=O) groups is 1. The molecular weight excluding hydrogens is 310 g/mol. The maximum atomic E-state index is 12.4. The minimum absolute atomic E-state index is 0.219. The lowest BCUT2D eigenvalue weighted by molar-refractivity contribution is -0.127. The molecule has 1 aromatic carbocycles. The van der Waals surface area contributed by atoms with Gasteiger partial charge in [0.1, 0.15) is 0 Å². The second-order valence-corrected chi connectivity index (χ2v) is 8.11. The quantitative estimate of drug-likeness (QED) is 0.894. The summed E-state index contributed by atoms with van der Waals surface area (Å²) in [5.41, 5.74) is 1.41. The molecule has 0 aromatic heterocycles. The van der Waals surface area contributed by atoms with Crippen LogP contribution in [0.5, 0.6) is 0 Å². The first-order valence-corrected chi connectivity index (χ1v) is 10.1. The molecule has 1 N–H and O–H groups in total. The van der Waals surface area contributed by atoms with Gasteiger partial charge in [-0.1, -0.05) is 30.3 Å². The van der Waals surface area contributed by atoms with Gasteiger partial charge in [0.2, 0.25) is 5.91 Å². The molecule has 3 fully saturated rings. The average Bonchev–Trinajstić information content (AvgIpc) is 3.47. The predicted molar refractivity (Wildman–Crippen MR) is 100 cm³/mol. The van der Waals surface area contributed by atoms with Gasteiger partial charge in [-0.05, 0) is 63.7 Å². The molecule has 136 valence electrons. The van der Waals surface area contributed by atoms with Crippen molar-refractivity contribution in [1.29, 1.82) is 0 Å². The van der Waals surface area contributed by atoms with Gasteiger partial charge in [-0.25, -0.2) is 0 Å². The van der Waals surface area contributed by atoms with E-state index in [1.54, 1.807) is 0 Å². The summed E-state index contributed by atoms with van der Waals surface area (Å²) in [6.45, 7) is 5.57. The lowest BCUT2D eigenvalue weighted by Crippen LogP contribution is -2.50. The van der Waals surface area contributed by atoms with Crippen molar-refractivity contribution in [2.45, 2.75) is 57.2 Å². The Morgan fingerprint density at radius 2 is 1.76 bits per heavy atom. The minimum Gasteiger partial charge on any atom is -0.353 e. The van der Waals surface area contributed by atoms with Crippen molar-refractivity contribution in [1.82, 2.24) is 15.1 Å². The molecule has 1 aliphatic carbocycles. The monoisotopic (exact) mass is 341 g/mol. The SMILES string of the molecule is O=C(NC1CC1)[C@H]1CCCN(C2CCN(Cc3ccccc3)CC2)C1. The molecule has 4 heteroatoms. The number of nitrogens with zero attached hydrogens (tertiary/aromatic N) is 2.